The van der Waals surface area contributed by atoms with Gasteiger partial charge in [0.1, 0.15) is 11.5 Å². The van der Waals surface area contributed by atoms with Crippen LogP contribution in [-0.4, -0.2) is 45.2 Å². The van der Waals surface area contributed by atoms with Gasteiger partial charge in [0.25, 0.3) is 0 Å². The van der Waals surface area contributed by atoms with Crippen LogP contribution in [0.1, 0.15) is 41.5 Å². The van der Waals surface area contributed by atoms with Crippen LogP contribution in [-0.2, 0) is 19.1 Å². The van der Waals surface area contributed by atoms with Crippen molar-refractivity contribution < 1.29 is 48.8 Å². The van der Waals surface area contributed by atoms with Crippen LogP contribution < -0.4 is 4.74 Å². The lowest BCUT2D eigenvalue weighted by atomic mass is 10.2. The van der Waals surface area contributed by atoms with Crippen molar-refractivity contribution in [3.8, 4) is 21.3 Å². The van der Waals surface area contributed by atoms with Gasteiger partial charge in [-0.05, 0) is 118 Å². The van der Waals surface area contributed by atoms with Gasteiger partial charge in [0.05, 0.1) is 11.1 Å². The Morgan fingerprint density at radius 1 is 0.378 bits per heavy atom. The highest BCUT2D eigenvalue weighted by Crippen LogP contribution is 2.49. The zero-order chi connectivity index (χ0) is 53.3. The second-order valence-electron chi connectivity index (χ2n) is 16.3. The van der Waals surface area contributed by atoms with Crippen molar-refractivity contribution in [3.63, 3.8) is 0 Å². The van der Waals surface area contributed by atoms with E-state index in [0.717, 1.165) is 0 Å². The summed E-state index contributed by atoms with van der Waals surface area (Å²) in [6.07, 6.45) is 0. The molecule has 2 heterocycles. The van der Waals surface area contributed by atoms with E-state index in [9.17, 15) is 29.1 Å². The number of phenolic OH excluding ortho intramolecular Hbond substituents is 1. The van der Waals surface area contributed by atoms with Crippen LogP contribution >= 0.6 is 20.9 Å². The first-order valence-corrected chi connectivity index (χ1v) is 25.3. The molecule has 0 bridgehead atoms. The maximum Gasteiger partial charge on any atom is 0.340 e. The van der Waals surface area contributed by atoms with Gasteiger partial charge in [-0.2, -0.15) is 0 Å². The first kappa shape index (κ1) is 54.1. The number of carbonyl (C=O) groups is 5. The van der Waals surface area contributed by atoms with Gasteiger partial charge in [-0.15, -0.1) is 0 Å². The molecule has 3 N–H and O–H groups in total. The molecular formula is C62H52O10S2+2. The molecule has 74 heavy (non-hydrogen) atoms. The summed E-state index contributed by atoms with van der Waals surface area (Å²) in [5, 5.41) is 31.5. The number of ether oxygens (including phenoxy) is 2. The average molecular weight is 1020 g/mol. The summed E-state index contributed by atoms with van der Waals surface area (Å²) in [5.41, 5.74) is 1.44. The van der Waals surface area contributed by atoms with Crippen LogP contribution in [0.15, 0.2) is 243 Å². The van der Waals surface area contributed by atoms with E-state index >= 15 is 0 Å². The SMILES string of the molecule is C=C(C)C(=O)OC(=O)C(=C)C.C=C(C)C(=O)Oc1ccc(-[s+]2c3ccccc3c3ccccc32)cc1.O=C(O)c1ccccc1.O=C(O)c1ccccc1.Oc1ccc(-[s+]2c3ccccc3c3ccccc32)cc1. The van der Waals surface area contributed by atoms with Crippen molar-refractivity contribution in [3.05, 3.63) is 254 Å². The highest BCUT2D eigenvalue weighted by molar-refractivity contribution is 7.50. The second-order valence-corrected chi connectivity index (χ2v) is 20.2. The monoisotopic (exact) mass is 1020 g/mol. The van der Waals surface area contributed by atoms with E-state index in [1.165, 1.54) is 64.0 Å². The number of phenols is 1. The molecule has 10 nitrogen and oxygen atoms in total. The maximum absolute atomic E-state index is 11.7. The molecule has 0 saturated heterocycles. The van der Waals surface area contributed by atoms with E-state index in [1.807, 2.05) is 36.4 Å². The van der Waals surface area contributed by atoms with Crippen LogP contribution in [0.2, 0.25) is 0 Å². The van der Waals surface area contributed by atoms with Gasteiger partial charge in [-0.1, -0.05) is 105 Å². The number of fused-ring (bicyclic) bond motifs is 6. The minimum atomic E-state index is -0.879. The second kappa shape index (κ2) is 25.8. The van der Waals surface area contributed by atoms with E-state index in [2.05, 4.69) is 122 Å². The summed E-state index contributed by atoms with van der Waals surface area (Å²) in [6, 6.07) is 66.3. The summed E-state index contributed by atoms with van der Waals surface area (Å²) in [4.78, 5) is 55.9. The lowest BCUT2D eigenvalue weighted by Gasteiger charge is -2.03. The van der Waals surface area contributed by atoms with Crippen molar-refractivity contribution in [2.24, 2.45) is 0 Å². The number of aromatic hydroxyl groups is 1. The third-order valence-corrected chi connectivity index (χ3v) is 15.3. The zero-order valence-electron chi connectivity index (χ0n) is 40.8. The minimum Gasteiger partial charge on any atom is -0.508 e. The largest absolute Gasteiger partial charge is 0.508 e. The van der Waals surface area contributed by atoms with Gasteiger partial charge in [-0.25, -0.2) is 24.0 Å². The topological polar surface area (TPSA) is 164 Å². The Balaban J connectivity index is 0.000000162. The number of carbonyl (C=O) groups excluding carboxylic acids is 3. The van der Waals surface area contributed by atoms with Crippen LogP contribution in [0.5, 0.6) is 11.5 Å². The van der Waals surface area contributed by atoms with E-state index in [0.29, 0.717) is 28.2 Å². The zero-order valence-corrected chi connectivity index (χ0v) is 42.4. The summed E-state index contributed by atoms with van der Waals surface area (Å²) >= 11 is 0. The maximum atomic E-state index is 11.7. The number of hydrogen-bond acceptors (Lipinski definition) is 8. The Kier molecular flexibility index (Phi) is 18.8. The molecule has 10 rings (SSSR count). The number of carboxylic acids is 2. The molecule has 0 fully saturated rings. The summed E-state index contributed by atoms with van der Waals surface area (Å²) in [6.45, 7) is 14.8. The molecule has 0 saturated carbocycles. The molecule has 0 aliphatic rings. The molecule has 0 amide bonds. The van der Waals surface area contributed by atoms with E-state index < -0.39 is 29.8 Å². The first-order valence-electron chi connectivity index (χ1n) is 22.8. The minimum absolute atomic E-state index is 0.0599. The van der Waals surface area contributed by atoms with Crippen LogP contribution in [0, 0.1) is 0 Å². The number of esters is 3. The fourth-order valence-corrected chi connectivity index (χ4v) is 11.8. The van der Waals surface area contributed by atoms with Gasteiger partial charge in [0.15, 0.2) is 28.6 Å². The lowest BCUT2D eigenvalue weighted by molar-refractivity contribution is -0.154. The molecule has 10 aromatic rings. The quantitative estimate of drug-likeness (QED) is 0.0439. The van der Waals surface area contributed by atoms with Crippen LogP contribution in [0.4, 0.5) is 0 Å². The Bertz CT molecular complexity index is 3470. The number of hydrogen-bond donors (Lipinski definition) is 3. The van der Waals surface area contributed by atoms with Gasteiger partial charge in [0, 0.05) is 83.5 Å². The molecule has 0 atom stereocenters. The third kappa shape index (κ3) is 14.0. The molecule has 12 heteroatoms. The molecule has 0 unspecified atom stereocenters. The van der Waals surface area contributed by atoms with E-state index in [1.54, 1.807) is 79.7 Å². The lowest BCUT2D eigenvalue weighted by Crippen LogP contribution is -2.12. The van der Waals surface area contributed by atoms with Gasteiger partial charge in [0.2, 0.25) is 0 Å². The number of benzene rings is 8. The Morgan fingerprint density at radius 2 is 0.662 bits per heavy atom. The Hall–Kier alpha value is -9.23. The van der Waals surface area contributed by atoms with Crippen molar-refractivity contribution in [1.29, 1.82) is 0 Å². The van der Waals surface area contributed by atoms with Gasteiger partial charge >= 0.3 is 29.8 Å². The molecule has 0 spiro atoms. The Morgan fingerprint density at radius 3 is 0.946 bits per heavy atom. The fraction of sp³-hybridized carbons (Fsp3) is 0.0484. The van der Waals surface area contributed by atoms with Crippen LogP contribution in [0.3, 0.4) is 0 Å². The summed E-state index contributed by atoms with van der Waals surface area (Å²) in [5.74, 6) is -2.71. The number of aromatic carboxylic acids is 2. The molecule has 0 aliphatic heterocycles. The summed E-state index contributed by atoms with van der Waals surface area (Å²) in [7, 11) is -0.188. The average Bonchev–Trinajstić information content (AvgIpc) is 3.93. The first-order chi connectivity index (χ1) is 35.5. The molecule has 0 radical (unpaired) electrons. The number of carboxylic acid groups (broad SMARTS) is 2. The van der Waals surface area contributed by atoms with E-state index in [-0.39, 0.29) is 32.1 Å². The smallest absolute Gasteiger partial charge is 0.340 e. The third-order valence-electron chi connectivity index (χ3n) is 10.6. The normalized spacial score (nSPS) is 10.1. The predicted octanol–water partition coefficient (Wildman–Crippen LogP) is 15.6. The number of thiophene rings is 2. The predicted molar refractivity (Wildman–Crippen MR) is 300 cm³/mol. The highest BCUT2D eigenvalue weighted by atomic mass is 32.2. The number of rotatable bonds is 8. The fourth-order valence-electron chi connectivity index (χ4n) is 7.05. The molecule has 8 aromatic carbocycles. The molecule has 370 valence electrons. The van der Waals surface area contributed by atoms with Gasteiger partial charge < -0.3 is 24.8 Å². The molecular weight excluding hydrogens is 969 g/mol. The van der Waals surface area contributed by atoms with Crippen molar-refractivity contribution in [1.82, 2.24) is 0 Å². The van der Waals surface area contributed by atoms with Gasteiger partial charge in [-0.3, -0.25) is 0 Å². The Labute approximate surface area is 433 Å². The van der Waals surface area contributed by atoms with Crippen molar-refractivity contribution in [2.45, 2.75) is 20.8 Å². The van der Waals surface area contributed by atoms with Crippen molar-refractivity contribution in [2.75, 3.05) is 0 Å². The standard InChI is InChI=1S/C22H17O2S.C18H12OS.C8H10O3.2C7H6O2/c1-15(2)22(23)24-16-11-13-17(14-12-16)25-20-9-5-3-7-18(20)19-8-4-6-10-21(19)25;19-13-9-11-14(12-10-13)20-17-7-3-1-5-15(17)16-6-2-4-8-18(16)20;1-5(2)7(9)11-8(10)6(3)4;2*8-7(9)6-4-2-1-3-5-6/h3-14H,1H2,2H3;1-12H;1,3H2,2,4H3;2*1-5H,(H,8,9)/q+1;;;;/p+1. The highest BCUT2D eigenvalue weighted by Gasteiger charge is 2.24. The van der Waals surface area contributed by atoms with E-state index in [4.69, 9.17) is 14.9 Å². The molecule has 0 aliphatic carbocycles. The van der Waals surface area contributed by atoms with Crippen molar-refractivity contribution >= 4 is 91.1 Å². The van der Waals surface area contributed by atoms with Crippen LogP contribution in [0.25, 0.3) is 50.1 Å². The summed E-state index contributed by atoms with van der Waals surface area (Å²) < 4.78 is 15.0. The molecule has 2 aromatic heterocycles.